The molecular weight excluding hydrogens is 252 g/mol. The minimum atomic E-state index is 0.114. The standard InChI is InChI=1S/C12H13BrN2/c1-9(5-14)6-15-7-10-2-3-12(13)4-11(10)8-15/h2-4,9H,6-8H2,1H3. The molecule has 0 aliphatic carbocycles. The van der Waals surface area contributed by atoms with Crippen molar-refractivity contribution in [3.05, 3.63) is 33.8 Å². The molecule has 0 N–H and O–H groups in total. The summed E-state index contributed by atoms with van der Waals surface area (Å²) < 4.78 is 1.14. The van der Waals surface area contributed by atoms with E-state index >= 15 is 0 Å². The van der Waals surface area contributed by atoms with E-state index in [1.165, 1.54) is 11.1 Å². The molecule has 1 aliphatic heterocycles. The maximum atomic E-state index is 8.77. The van der Waals surface area contributed by atoms with Gasteiger partial charge in [0, 0.05) is 24.1 Å². The van der Waals surface area contributed by atoms with Crippen molar-refractivity contribution in [2.24, 2.45) is 5.92 Å². The molecule has 2 rings (SSSR count). The number of nitrogens with zero attached hydrogens (tertiary/aromatic N) is 2. The normalized spacial score (nSPS) is 17.1. The molecule has 0 saturated heterocycles. The van der Waals surface area contributed by atoms with Gasteiger partial charge in [-0.15, -0.1) is 0 Å². The predicted octanol–water partition coefficient (Wildman–Crippen LogP) is 2.92. The number of rotatable bonds is 2. The summed E-state index contributed by atoms with van der Waals surface area (Å²) in [6, 6.07) is 8.69. The van der Waals surface area contributed by atoms with Crippen molar-refractivity contribution in [2.75, 3.05) is 6.54 Å². The van der Waals surface area contributed by atoms with Crippen LogP contribution in [0, 0.1) is 17.2 Å². The zero-order valence-electron chi connectivity index (χ0n) is 8.70. The summed E-state index contributed by atoms with van der Waals surface area (Å²) in [6.45, 7) is 4.79. The van der Waals surface area contributed by atoms with Crippen LogP contribution in [0.5, 0.6) is 0 Å². The van der Waals surface area contributed by atoms with Crippen LogP contribution in [0.2, 0.25) is 0 Å². The van der Waals surface area contributed by atoms with E-state index in [2.05, 4.69) is 45.1 Å². The second kappa shape index (κ2) is 4.34. The molecule has 0 radical (unpaired) electrons. The van der Waals surface area contributed by atoms with Gasteiger partial charge in [-0.1, -0.05) is 22.0 Å². The van der Waals surface area contributed by atoms with Crippen LogP contribution in [0.25, 0.3) is 0 Å². The summed E-state index contributed by atoms with van der Waals surface area (Å²) in [5.41, 5.74) is 2.78. The molecule has 1 aromatic rings. The van der Waals surface area contributed by atoms with Crippen molar-refractivity contribution in [2.45, 2.75) is 20.0 Å². The van der Waals surface area contributed by atoms with E-state index in [0.29, 0.717) is 0 Å². The van der Waals surface area contributed by atoms with Gasteiger partial charge in [0.25, 0.3) is 0 Å². The second-order valence-electron chi connectivity index (χ2n) is 4.11. The molecule has 0 fully saturated rings. The highest BCUT2D eigenvalue weighted by molar-refractivity contribution is 9.10. The molecule has 3 heteroatoms. The fourth-order valence-corrected chi connectivity index (χ4v) is 2.40. The molecule has 1 atom stereocenters. The number of hydrogen-bond acceptors (Lipinski definition) is 2. The lowest BCUT2D eigenvalue weighted by Gasteiger charge is -2.15. The minimum Gasteiger partial charge on any atom is -0.294 e. The van der Waals surface area contributed by atoms with E-state index < -0.39 is 0 Å². The van der Waals surface area contributed by atoms with Gasteiger partial charge in [0.15, 0.2) is 0 Å². The highest BCUT2D eigenvalue weighted by Gasteiger charge is 2.20. The Hall–Kier alpha value is -0.850. The van der Waals surface area contributed by atoms with Crippen LogP contribution in [-0.4, -0.2) is 11.4 Å². The largest absolute Gasteiger partial charge is 0.294 e. The van der Waals surface area contributed by atoms with E-state index in [1.807, 2.05) is 6.92 Å². The fourth-order valence-electron chi connectivity index (χ4n) is 1.99. The quantitative estimate of drug-likeness (QED) is 0.822. The minimum absolute atomic E-state index is 0.114. The van der Waals surface area contributed by atoms with Crippen LogP contribution in [0.4, 0.5) is 0 Å². The van der Waals surface area contributed by atoms with Gasteiger partial charge in [-0.05, 0) is 30.2 Å². The van der Waals surface area contributed by atoms with Gasteiger partial charge < -0.3 is 0 Å². The zero-order chi connectivity index (χ0) is 10.8. The smallest absolute Gasteiger partial charge is 0.0666 e. The Morgan fingerprint density at radius 1 is 1.47 bits per heavy atom. The third kappa shape index (κ3) is 2.39. The predicted molar refractivity (Wildman–Crippen MR) is 63.0 cm³/mol. The molecule has 1 heterocycles. The van der Waals surface area contributed by atoms with E-state index in [0.717, 1.165) is 24.1 Å². The van der Waals surface area contributed by atoms with Gasteiger partial charge in [-0.3, -0.25) is 4.90 Å². The Labute approximate surface area is 98.6 Å². The molecular formula is C12H13BrN2. The third-order valence-electron chi connectivity index (χ3n) is 2.71. The zero-order valence-corrected chi connectivity index (χ0v) is 10.3. The summed E-state index contributed by atoms with van der Waals surface area (Å²) in [4.78, 5) is 2.32. The highest BCUT2D eigenvalue weighted by atomic mass is 79.9. The molecule has 0 saturated carbocycles. The molecule has 1 unspecified atom stereocenters. The van der Waals surface area contributed by atoms with Crippen LogP contribution in [0.1, 0.15) is 18.1 Å². The number of halogens is 1. The van der Waals surface area contributed by atoms with E-state index in [-0.39, 0.29) is 5.92 Å². The lowest BCUT2D eigenvalue weighted by molar-refractivity contribution is 0.264. The van der Waals surface area contributed by atoms with E-state index in [4.69, 9.17) is 5.26 Å². The lowest BCUT2D eigenvalue weighted by atomic mass is 10.1. The molecule has 78 valence electrons. The van der Waals surface area contributed by atoms with Crippen molar-refractivity contribution >= 4 is 15.9 Å². The number of hydrogen-bond donors (Lipinski definition) is 0. The summed E-state index contributed by atoms with van der Waals surface area (Å²) in [5.74, 6) is 0.114. The molecule has 1 aliphatic rings. The van der Waals surface area contributed by atoms with Gasteiger partial charge in [0.05, 0.1) is 12.0 Å². The van der Waals surface area contributed by atoms with Gasteiger partial charge in [-0.2, -0.15) is 5.26 Å². The fraction of sp³-hybridized carbons (Fsp3) is 0.417. The molecule has 2 nitrogen and oxygen atoms in total. The van der Waals surface area contributed by atoms with Crippen LogP contribution in [-0.2, 0) is 13.1 Å². The second-order valence-corrected chi connectivity index (χ2v) is 5.03. The van der Waals surface area contributed by atoms with Crippen molar-refractivity contribution in [3.63, 3.8) is 0 Å². The van der Waals surface area contributed by atoms with E-state index in [9.17, 15) is 0 Å². The van der Waals surface area contributed by atoms with Crippen LogP contribution in [0.3, 0.4) is 0 Å². The Morgan fingerprint density at radius 2 is 2.20 bits per heavy atom. The Morgan fingerprint density at radius 3 is 2.93 bits per heavy atom. The summed E-state index contributed by atoms with van der Waals surface area (Å²) in [5, 5.41) is 8.77. The van der Waals surface area contributed by atoms with Crippen molar-refractivity contribution in [1.82, 2.24) is 4.90 Å². The molecule has 0 spiro atoms. The van der Waals surface area contributed by atoms with Crippen LogP contribution >= 0.6 is 15.9 Å². The first-order valence-electron chi connectivity index (χ1n) is 5.08. The van der Waals surface area contributed by atoms with Gasteiger partial charge in [-0.25, -0.2) is 0 Å². The Kier molecular flexibility index (Phi) is 3.08. The monoisotopic (exact) mass is 264 g/mol. The first-order chi connectivity index (χ1) is 7.19. The maximum absolute atomic E-state index is 8.77. The molecule has 0 bridgehead atoms. The molecule has 15 heavy (non-hydrogen) atoms. The maximum Gasteiger partial charge on any atom is 0.0666 e. The summed E-state index contributed by atoms with van der Waals surface area (Å²) in [6.07, 6.45) is 0. The third-order valence-corrected chi connectivity index (χ3v) is 3.20. The lowest BCUT2D eigenvalue weighted by Crippen LogP contribution is -2.22. The van der Waals surface area contributed by atoms with Crippen molar-refractivity contribution < 1.29 is 0 Å². The average molecular weight is 265 g/mol. The number of benzene rings is 1. The van der Waals surface area contributed by atoms with Crippen LogP contribution in [0.15, 0.2) is 22.7 Å². The molecule has 0 amide bonds. The number of fused-ring (bicyclic) bond motifs is 1. The van der Waals surface area contributed by atoms with E-state index in [1.54, 1.807) is 0 Å². The Bertz CT molecular complexity index is 409. The first-order valence-corrected chi connectivity index (χ1v) is 5.87. The first kappa shape index (κ1) is 10.7. The average Bonchev–Trinajstić information content (AvgIpc) is 2.59. The molecule has 0 aromatic heterocycles. The van der Waals surface area contributed by atoms with Crippen LogP contribution < -0.4 is 0 Å². The topological polar surface area (TPSA) is 27.0 Å². The van der Waals surface area contributed by atoms with Crippen molar-refractivity contribution in [1.29, 1.82) is 5.26 Å². The highest BCUT2D eigenvalue weighted by Crippen LogP contribution is 2.26. The Balaban J connectivity index is 2.07. The summed E-state index contributed by atoms with van der Waals surface area (Å²) in [7, 11) is 0. The van der Waals surface area contributed by atoms with Gasteiger partial charge in [0.1, 0.15) is 0 Å². The van der Waals surface area contributed by atoms with Gasteiger partial charge >= 0.3 is 0 Å². The van der Waals surface area contributed by atoms with Crippen molar-refractivity contribution in [3.8, 4) is 6.07 Å². The number of nitriles is 1. The SMILES string of the molecule is CC(C#N)CN1Cc2ccc(Br)cc2C1. The van der Waals surface area contributed by atoms with Gasteiger partial charge in [0.2, 0.25) is 0 Å². The molecule has 1 aromatic carbocycles. The summed E-state index contributed by atoms with van der Waals surface area (Å²) >= 11 is 3.48.